The second kappa shape index (κ2) is 7.61. The number of rotatable bonds is 5. The monoisotopic (exact) mass is 350 g/mol. The van der Waals surface area contributed by atoms with Crippen molar-refractivity contribution in [1.82, 2.24) is 5.32 Å². The van der Waals surface area contributed by atoms with Gasteiger partial charge in [-0.05, 0) is 29.3 Å². The van der Waals surface area contributed by atoms with Crippen molar-refractivity contribution in [3.8, 4) is 0 Å². The largest absolute Gasteiger partial charge is 0.416 e. The molecule has 0 fully saturated rings. The smallest absolute Gasteiger partial charge is 0.348 e. The van der Waals surface area contributed by atoms with Gasteiger partial charge in [0.05, 0.1) is 10.5 Å². The molecule has 0 bridgehead atoms. The molecule has 0 aliphatic carbocycles. The molecule has 0 spiro atoms. The molecule has 2 rings (SSSR count). The van der Waals surface area contributed by atoms with Crippen LogP contribution in [0, 0.1) is 10.1 Å². The van der Waals surface area contributed by atoms with Crippen molar-refractivity contribution >= 4 is 17.7 Å². The van der Waals surface area contributed by atoms with E-state index in [1.165, 1.54) is 36.4 Å². The van der Waals surface area contributed by atoms with E-state index in [-0.39, 0.29) is 12.2 Å². The zero-order chi connectivity index (χ0) is 18.4. The van der Waals surface area contributed by atoms with Crippen LogP contribution in [0.4, 0.5) is 18.9 Å². The van der Waals surface area contributed by atoms with E-state index in [1.54, 1.807) is 6.07 Å². The van der Waals surface area contributed by atoms with Crippen LogP contribution >= 0.6 is 0 Å². The number of halogens is 3. The molecule has 2 aromatic carbocycles. The quantitative estimate of drug-likeness (QED) is 0.504. The van der Waals surface area contributed by atoms with Crippen LogP contribution < -0.4 is 5.32 Å². The van der Waals surface area contributed by atoms with Crippen LogP contribution in [0.3, 0.4) is 0 Å². The molecule has 0 atom stereocenters. The summed E-state index contributed by atoms with van der Waals surface area (Å²) in [6, 6.07) is 10.4. The Morgan fingerprint density at radius 2 is 1.88 bits per heavy atom. The Hall–Kier alpha value is -3.16. The van der Waals surface area contributed by atoms with Crippen LogP contribution in [-0.2, 0) is 17.5 Å². The number of alkyl halides is 3. The second-order valence-corrected chi connectivity index (χ2v) is 5.10. The third-order valence-corrected chi connectivity index (χ3v) is 3.23. The van der Waals surface area contributed by atoms with Gasteiger partial charge in [-0.2, -0.15) is 13.2 Å². The first-order chi connectivity index (χ1) is 11.8. The average molecular weight is 350 g/mol. The lowest BCUT2D eigenvalue weighted by Crippen LogP contribution is -2.20. The highest BCUT2D eigenvalue weighted by atomic mass is 19.4. The summed E-state index contributed by atoms with van der Waals surface area (Å²) >= 11 is 0. The zero-order valence-electron chi connectivity index (χ0n) is 12.8. The molecule has 0 aliphatic heterocycles. The highest BCUT2D eigenvalue weighted by molar-refractivity contribution is 5.91. The van der Waals surface area contributed by atoms with Crippen molar-refractivity contribution in [3.63, 3.8) is 0 Å². The Morgan fingerprint density at radius 3 is 2.56 bits per heavy atom. The number of hydrogen-bond donors (Lipinski definition) is 1. The first kappa shape index (κ1) is 18.2. The molecule has 0 aromatic heterocycles. The van der Waals surface area contributed by atoms with Crippen LogP contribution in [0.15, 0.2) is 54.6 Å². The highest BCUT2D eigenvalue weighted by Gasteiger charge is 2.30. The van der Waals surface area contributed by atoms with Gasteiger partial charge >= 0.3 is 6.18 Å². The van der Waals surface area contributed by atoms with Gasteiger partial charge in [-0.25, -0.2) is 0 Å². The number of nitrogens with one attached hydrogen (secondary N) is 1. The Morgan fingerprint density at radius 1 is 1.16 bits per heavy atom. The zero-order valence-corrected chi connectivity index (χ0v) is 12.8. The predicted molar refractivity (Wildman–Crippen MR) is 85.4 cm³/mol. The lowest BCUT2D eigenvalue weighted by molar-refractivity contribution is -0.384. The lowest BCUT2D eigenvalue weighted by Gasteiger charge is -2.08. The van der Waals surface area contributed by atoms with Crippen LogP contribution in [0.25, 0.3) is 6.08 Å². The summed E-state index contributed by atoms with van der Waals surface area (Å²) in [6.45, 7) is -0.0674. The van der Waals surface area contributed by atoms with Crippen LogP contribution in [0.2, 0.25) is 0 Å². The van der Waals surface area contributed by atoms with E-state index in [9.17, 15) is 28.1 Å². The molecule has 0 aliphatic rings. The number of nitro benzene ring substituents is 1. The summed E-state index contributed by atoms with van der Waals surface area (Å²) in [5.41, 5.74) is -0.117. The second-order valence-electron chi connectivity index (χ2n) is 5.10. The van der Waals surface area contributed by atoms with Gasteiger partial charge in [0.1, 0.15) is 0 Å². The molecule has 1 N–H and O–H groups in total. The maximum absolute atomic E-state index is 12.6. The summed E-state index contributed by atoms with van der Waals surface area (Å²) in [6.07, 6.45) is -1.90. The number of nitrogens with zero attached hydrogens (tertiary/aromatic N) is 1. The van der Waals surface area contributed by atoms with Crippen molar-refractivity contribution < 1.29 is 22.9 Å². The fraction of sp³-hybridized carbons (Fsp3) is 0.118. The number of hydrogen-bond acceptors (Lipinski definition) is 3. The van der Waals surface area contributed by atoms with Gasteiger partial charge in [0.2, 0.25) is 5.91 Å². The third kappa shape index (κ3) is 5.45. The van der Waals surface area contributed by atoms with E-state index in [0.29, 0.717) is 11.1 Å². The van der Waals surface area contributed by atoms with E-state index in [0.717, 1.165) is 18.2 Å². The maximum atomic E-state index is 12.6. The Labute approximate surface area is 140 Å². The summed E-state index contributed by atoms with van der Waals surface area (Å²) < 4.78 is 37.9. The van der Waals surface area contributed by atoms with Crippen molar-refractivity contribution in [1.29, 1.82) is 0 Å². The molecule has 2 aromatic rings. The fourth-order valence-corrected chi connectivity index (χ4v) is 2.02. The molecular formula is C17H13F3N2O3. The van der Waals surface area contributed by atoms with E-state index in [2.05, 4.69) is 5.32 Å². The maximum Gasteiger partial charge on any atom is 0.416 e. The number of non-ortho nitro benzene ring substituents is 1. The number of benzene rings is 2. The van der Waals surface area contributed by atoms with Crippen molar-refractivity contribution in [2.24, 2.45) is 0 Å². The summed E-state index contributed by atoms with van der Waals surface area (Å²) in [4.78, 5) is 21.9. The van der Waals surface area contributed by atoms with E-state index in [4.69, 9.17) is 0 Å². The molecule has 8 heteroatoms. The molecule has 130 valence electrons. The first-order valence-electron chi connectivity index (χ1n) is 7.12. The molecule has 1 amide bonds. The number of nitro groups is 1. The number of carbonyl (C=O) groups excluding carboxylic acids is 1. The molecule has 0 heterocycles. The molecular weight excluding hydrogens is 337 g/mol. The van der Waals surface area contributed by atoms with Gasteiger partial charge < -0.3 is 5.32 Å². The van der Waals surface area contributed by atoms with E-state index in [1.807, 2.05) is 0 Å². The normalized spacial score (nSPS) is 11.5. The highest BCUT2D eigenvalue weighted by Crippen LogP contribution is 2.29. The Kier molecular flexibility index (Phi) is 5.53. The topological polar surface area (TPSA) is 72.2 Å². The minimum absolute atomic E-state index is 0.0674. The van der Waals surface area contributed by atoms with Crippen molar-refractivity contribution in [2.75, 3.05) is 0 Å². The predicted octanol–water partition coefficient (Wildman–Crippen LogP) is 3.94. The lowest BCUT2D eigenvalue weighted by atomic mass is 10.1. The molecule has 0 radical (unpaired) electrons. The molecule has 25 heavy (non-hydrogen) atoms. The minimum atomic E-state index is -4.44. The Bertz CT molecular complexity index is 817. The van der Waals surface area contributed by atoms with E-state index >= 15 is 0 Å². The summed E-state index contributed by atoms with van der Waals surface area (Å²) in [7, 11) is 0. The van der Waals surface area contributed by atoms with Gasteiger partial charge in [0.25, 0.3) is 5.69 Å². The van der Waals surface area contributed by atoms with Gasteiger partial charge in [-0.15, -0.1) is 0 Å². The molecule has 0 unspecified atom stereocenters. The van der Waals surface area contributed by atoms with E-state index < -0.39 is 22.6 Å². The molecule has 0 saturated heterocycles. The fourth-order valence-electron chi connectivity index (χ4n) is 2.02. The number of amides is 1. The van der Waals surface area contributed by atoms with Crippen molar-refractivity contribution in [3.05, 3.63) is 81.4 Å². The van der Waals surface area contributed by atoms with Gasteiger partial charge in [-0.1, -0.05) is 24.3 Å². The van der Waals surface area contributed by atoms with Crippen LogP contribution in [0.1, 0.15) is 16.7 Å². The standard InChI is InChI=1S/C17H13F3N2O3/c18-17(19,20)14-5-1-4-13(9-14)11-21-16(23)8-7-12-3-2-6-15(10-12)22(24)25/h1-10H,11H2,(H,21,23)/b8-7+. The van der Waals surface area contributed by atoms with Gasteiger partial charge in [0.15, 0.2) is 0 Å². The van der Waals surface area contributed by atoms with Crippen molar-refractivity contribution in [2.45, 2.75) is 12.7 Å². The van der Waals surface area contributed by atoms with Crippen LogP contribution in [0.5, 0.6) is 0 Å². The number of carbonyl (C=O) groups is 1. The molecule has 0 saturated carbocycles. The minimum Gasteiger partial charge on any atom is -0.348 e. The van der Waals surface area contributed by atoms with Crippen LogP contribution in [-0.4, -0.2) is 10.8 Å². The first-order valence-corrected chi connectivity index (χ1v) is 7.12. The third-order valence-electron chi connectivity index (χ3n) is 3.23. The van der Waals surface area contributed by atoms with Gasteiger partial charge in [0, 0.05) is 24.8 Å². The SMILES string of the molecule is O=C(/C=C/c1cccc([N+](=O)[O-])c1)NCc1cccc(C(F)(F)F)c1. The summed E-state index contributed by atoms with van der Waals surface area (Å²) in [5.74, 6) is -0.524. The van der Waals surface area contributed by atoms with Gasteiger partial charge in [-0.3, -0.25) is 14.9 Å². The summed E-state index contributed by atoms with van der Waals surface area (Å²) in [5, 5.41) is 13.1. The average Bonchev–Trinajstić information content (AvgIpc) is 2.58. The Balaban J connectivity index is 1.97. The molecule has 5 nitrogen and oxygen atoms in total.